The van der Waals surface area contributed by atoms with E-state index in [-0.39, 0.29) is 0 Å². The normalized spacial score (nSPS) is 40.0. The zero-order chi connectivity index (χ0) is 7.14. The summed E-state index contributed by atoms with van der Waals surface area (Å²) in [7, 11) is 2.23. The smallest absolute Gasteiger partial charge is 0.00443 e. The lowest BCUT2D eigenvalue weighted by atomic mass is 9.95. The van der Waals surface area contributed by atoms with Crippen LogP contribution < -0.4 is 0 Å². The van der Waals surface area contributed by atoms with Crippen LogP contribution in [0.1, 0.15) is 13.3 Å². The second-order valence-corrected chi connectivity index (χ2v) is 3.82. The van der Waals surface area contributed by atoms with Gasteiger partial charge >= 0.3 is 0 Å². The summed E-state index contributed by atoms with van der Waals surface area (Å²) in [5.41, 5.74) is 1.63. The van der Waals surface area contributed by atoms with Crippen molar-refractivity contribution < 1.29 is 0 Å². The van der Waals surface area contributed by atoms with E-state index < -0.39 is 0 Å². The molecule has 2 unspecified atom stereocenters. The van der Waals surface area contributed by atoms with E-state index in [1.807, 2.05) is 0 Å². The second-order valence-electron chi connectivity index (χ2n) is 3.82. The molecule has 2 rings (SSSR count). The van der Waals surface area contributed by atoms with Gasteiger partial charge in [0.05, 0.1) is 0 Å². The van der Waals surface area contributed by atoms with Crippen LogP contribution >= 0.6 is 0 Å². The number of rotatable bonds is 0. The first-order valence-corrected chi connectivity index (χ1v) is 4.12. The van der Waals surface area contributed by atoms with Crippen molar-refractivity contribution in [3.05, 3.63) is 11.6 Å². The molecule has 2 bridgehead atoms. The predicted molar refractivity (Wildman–Crippen MR) is 42.9 cm³/mol. The molecule has 1 aliphatic carbocycles. The molecule has 1 fully saturated rings. The lowest BCUT2D eigenvalue weighted by Gasteiger charge is -2.28. The summed E-state index contributed by atoms with van der Waals surface area (Å²) >= 11 is 0. The summed E-state index contributed by atoms with van der Waals surface area (Å²) in [5.74, 6) is 1.77. The minimum atomic E-state index is 0.878. The summed E-state index contributed by atoms with van der Waals surface area (Å²) in [6, 6.07) is 0. The molecule has 0 aromatic carbocycles. The van der Waals surface area contributed by atoms with E-state index >= 15 is 0 Å². The first kappa shape index (κ1) is 6.41. The molecule has 0 spiro atoms. The Balaban J connectivity index is 2.15. The van der Waals surface area contributed by atoms with Gasteiger partial charge in [0.25, 0.3) is 0 Å². The number of hydrogen-bond donors (Lipinski definition) is 0. The van der Waals surface area contributed by atoms with E-state index in [2.05, 4.69) is 24.9 Å². The Labute approximate surface area is 62.7 Å². The molecule has 0 saturated carbocycles. The van der Waals surface area contributed by atoms with Crippen molar-refractivity contribution >= 4 is 0 Å². The molecule has 2 aliphatic rings. The Kier molecular flexibility index (Phi) is 1.34. The predicted octanol–water partition coefficient (Wildman–Crippen LogP) is 1.51. The molecular weight excluding hydrogens is 122 g/mol. The molecule has 1 heteroatoms. The van der Waals surface area contributed by atoms with Gasteiger partial charge in [0.1, 0.15) is 0 Å². The van der Waals surface area contributed by atoms with Gasteiger partial charge in [-0.15, -0.1) is 0 Å². The van der Waals surface area contributed by atoms with Crippen LogP contribution in [-0.4, -0.2) is 25.0 Å². The van der Waals surface area contributed by atoms with Gasteiger partial charge in [-0.25, -0.2) is 0 Å². The fourth-order valence-electron chi connectivity index (χ4n) is 2.32. The van der Waals surface area contributed by atoms with Gasteiger partial charge in [0.2, 0.25) is 0 Å². The Bertz CT molecular complexity index is 172. The van der Waals surface area contributed by atoms with Gasteiger partial charge in [0.15, 0.2) is 0 Å². The van der Waals surface area contributed by atoms with Crippen LogP contribution in [0.3, 0.4) is 0 Å². The van der Waals surface area contributed by atoms with Crippen molar-refractivity contribution in [3.63, 3.8) is 0 Å². The van der Waals surface area contributed by atoms with Gasteiger partial charge in [-0.3, -0.25) is 0 Å². The summed E-state index contributed by atoms with van der Waals surface area (Å²) in [6.07, 6.45) is 3.89. The van der Waals surface area contributed by atoms with Crippen molar-refractivity contribution in [2.45, 2.75) is 13.3 Å². The van der Waals surface area contributed by atoms with E-state index in [0.29, 0.717) is 0 Å². The van der Waals surface area contributed by atoms with Gasteiger partial charge in [-0.1, -0.05) is 11.6 Å². The molecule has 1 heterocycles. The molecule has 0 aromatic rings. The standard InChI is InChI=1S/C9H15N/c1-7-3-8-4-9(7)6-10(2)5-8/h3,8-9H,4-6H2,1-2H3. The fourth-order valence-corrected chi connectivity index (χ4v) is 2.32. The molecule has 1 saturated heterocycles. The SMILES string of the molecule is CC1=CC2CC1CN(C)C2. The Morgan fingerprint density at radius 3 is 3.00 bits per heavy atom. The molecule has 0 radical (unpaired) electrons. The molecule has 0 amide bonds. The van der Waals surface area contributed by atoms with Gasteiger partial charge in [0, 0.05) is 13.1 Å². The highest BCUT2D eigenvalue weighted by Gasteiger charge is 2.29. The highest BCUT2D eigenvalue weighted by Crippen LogP contribution is 2.34. The van der Waals surface area contributed by atoms with Crippen molar-refractivity contribution in [1.82, 2.24) is 4.90 Å². The molecule has 0 aromatic heterocycles. The van der Waals surface area contributed by atoms with Crippen molar-refractivity contribution in [1.29, 1.82) is 0 Å². The van der Waals surface area contributed by atoms with E-state index in [9.17, 15) is 0 Å². The van der Waals surface area contributed by atoms with Crippen molar-refractivity contribution in [3.8, 4) is 0 Å². The van der Waals surface area contributed by atoms with Crippen molar-refractivity contribution in [2.75, 3.05) is 20.1 Å². The summed E-state index contributed by atoms with van der Waals surface area (Å²) in [4.78, 5) is 2.45. The Morgan fingerprint density at radius 2 is 2.30 bits per heavy atom. The zero-order valence-corrected chi connectivity index (χ0v) is 6.80. The van der Waals surface area contributed by atoms with Gasteiger partial charge in [-0.2, -0.15) is 0 Å². The molecule has 2 atom stereocenters. The molecule has 0 N–H and O–H groups in total. The average Bonchev–Trinajstić information content (AvgIpc) is 2.07. The topological polar surface area (TPSA) is 3.24 Å². The summed E-state index contributed by atoms with van der Waals surface area (Å²) in [6.45, 7) is 4.86. The first-order valence-electron chi connectivity index (χ1n) is 4.12. The number of likely N-dealkylation sites (tertiary alicyclic amines) is 1. The van der Waals surface area contributed by atoms with Crippen LogP contribution in [0.5, 0.6) is 0 Å². The summed E-state index contributed by atoms with van der Waals surface area (Å²) < 4.78 is 0. The number of piperidine rings is 1. The lowest BCUT2D eigenvalue weighted by molar-refractivity contribution is 0.212. The monoisotopic (exact) mass is 137 g/mol. The Hall–Kier alpha value is -0.300. The highest BCUT2D eigenvalue weighted by atomic mass is 15.1. The minimum absolute atomic E-state index is 0.878. The largest absolute Gasteiger partial charge is 0.305 e. The van der Waals surface area contributed by atoms with Crippen LogP contribution in [0.4, 0.5) is 0 Å². The van der Waals surface area contributed by atoms with Crippen LogP contribution in [0.2, 0.25) is 0 Å². The molecule has 1 nitrogen and oxygen atoms in total. The minimum Gasteiger partial charge on any atom is -0.305 e. The molecule has 1 aliphatic heterocycles. The maximum Gasteiger partial charge on any atom is 0.00443 e. The van der Waals surface area contributed by atoms with E-state index in [4.69, 9.17) is 0 Å². The Morgan fingerprint density at radius 1 is 1.50 bits per heavy atom. The fraction of sp³-hybridized carbons (Fsp3) is 0.778. The van der Waals surface area contributed by atoms with Crippen LogP contribution in [0.15, 0.2) is 11.6 Å². The number of fused-ring (bicyclic) bond motifs is 2. The van der Waals surface area contributed by atoms with Gasteiger partial charge < -0.3 is 4.90 Å². The average molecular weight is 137 g/mol. The van der Waals surface area contributed by atoms with Crippen LogP contribution in [0.25, 0.3) is 0 Å². The third-order valence-corrected chi connectivity index (χ3v) is 2.81. The summed E-state index contributed by atoms with van der Waals surface area (Å²) in [5, 5.41) is 0. The number of nitrogens with zero attached hydrogens (tertiary/aromatic N) is 1. The highest BCUT2D eigenvalue weighted by molar-refractivity contribution is 5.16. The van der Waals surface area contributed by atoms with Crippen LogP contribution in [-0.2, 0) is 0 Å². The van der Waals surface area contributed by atoms with E-state index in [0.717, 1.165) is 11.8 Å². The lowest BCUT2D eigenvalue weighted by Crippen LogP contribution is -2.33. The maximum atomic E-state index is 2.47. The quantitative estimate of drug-likeness (QED) is 0.457. The number of hydrogen-bond acceptors (Lipinski definition) is 1. The molecule has 56 valence electrons. The van der Waals surface area contributed by atoms with E-state index in [1.165, 1.54) is 19.5 Å². The van der Waals surface area contributed by atoms with Gasteiger partial charge in [-0.05, 0) is 32.2 Å². The zero-order valence-electron chi connectivity index (χ0n) is 6.80. The van der Waals surface area contributed by atoms with Crippen molar-refractivity contribution in [2.24, 2.45) is 11.8 Å². The molecule has 10 heavy (non-hydrogen) atoms. The first-order chi connectivity index (χ1) is 4.75. The van der Waals surface area contributed by atoms with Crippen LogP contribution in [0, 0.1) is 11.8 Å². The van der Waals surface area contributed by atoms with E-state index in [1.54, 1.807) is 5.57 Å². The maximum absolute atomic E-state index is 2.47. The molecular formula is C9H15N. The second kappa shape index (κ2) is 2.09. The third kappa shape index (κ3) is 0.891. The third-order valence-electron chi connectivity index (χ3n) is 2.81.